The van der Waals surface area contributed by atoms with Gasteiger partial charge < -0.3 is 15.2 Å². The molecule has 27 heavy (non-hydrogen) atoms. The molecule has 2 heterocycles. The molecule has 0 spiro atoms. The quantitative estimate of drug-likeness (QED) is 0.707. The molecule has 2 N–H and O–H groups in total. The van der Waals surface area contributed by atoms with Gasteiger partial charge in [0.2, 0.25) is 0 Å². The summed E-state index contributed by atoms with van der Waals surface area (Å²) in [4.78, 5) is 21.0. The average molecular weight is 365 g/mol. The minimum Gasteiger partial charge on any atom is -0.497 e. The summed E-state index contributed by atoms with van der Waals surface area (Å²) in [6, 6.07) is 5.95. The zero-order valence-corrected chi connectivity index (χ0v) is 15.1. The van der Waals surface area contributed by atoms with Crippen LogP contribution in [-0.4, -0.2) is 39.4 Å². The molecule has 8 heteroatoms. The highest BCUT2D eigenvalue weighted by Crippen LogP contribution is 2.34. The fraction of sp³-hybridized carbons (Fsp3) is 0.263. The summed E-state index contributed by atoms with van der Waals surface area (Å²) in [5.74, 6) is 0.738. The Morgan fingerprint density at radius 1 is 1.30 bits per heavy atom. The van der Waals surface area contributed by atoms with E-state index in [1.54, 1.807) is 20.2 Å². The van der Waals surface area contributed by atoms with E-state index in [1.165, 1.54) is 16.4 Å². The van der Waals surface area contributed by atoms with Gasteiger partial charge in [-0.2, -0.15) is 0 Å². The molecule has 8 nitrogen and oxygen atoms in total. The van der Waals surface area contributed by atoms with Crippen LogP contribution in [0.3, 0.4) is 0 Å². The second kappa shape index (κ2) is 6.71. The van der Waals surface area contributed by atoms with Gasteiger partial charge in [-0.25, -0.2) is 19.4 Å². The van der Waals surface area contributed by atoms with E-state index in [1.807, 2.05) is 18.2 Å². The molecule has 0 fully saturated rings. The SMILES string of the molecule is CCOC(=O)c1cn(-c2ncc3c(n2)-c2ccc(OC)cc2CC3)nc1N. The smallest absolute Gasteiger partial charge is 0.343 e. The number of nitrogens with zero attached hydrogens (tertiary/aromatic N) is 4. The van der Waals surface area contributed by atoms with E-state index in [4.69, 9.17) is 15.2 Å². The van der Waals surface area contributed by atoms with Gasteiger partial charge in [-0.3, -0.25) is 0 Å². The number of hydrogen-bond acceptors (Lipinski definition) is 7. The number of aryl methyl sites for hydroxylation is 2. The first-order chi connectivity index (χ1) is 13.1. The molecule has 138 valence electrons. The van der Waals surface area contributed by atoms with Gasteiger partial charge in [-0.1, -0.05) is 0 Å². The monoisotopic (exact) mass is 365 g/mol. The number of nitrogen functional groups attached to an aromatic ring is 1. The maximum atomic E-state index is 12.0. The van der Waals surface area contributed by atoms with Crippen LogP contribution in [0.2, 0.25) is 0 Å². The van der Waals surface area contributed by atoms with Crippen molar-refractivity contribution in [1.82, 2.24) is 19.7 Å². The molecule has 0 saturated carbocycles. The zero-order valence-electron chi connectivity index (χ0n) is 15.1. The Morgan fingerprint density at radius 2 is 2.11 bits per heavy atom. The molecule has 1 aliphatic rings. The number of carbonyl (C=O) groups excluding carboxylic acids is 1. The van der Waals surface area contributed by atoms with Crippen LogP contribution in [0.5, 0.6) is 5.75 Å². The Kier molecular flexibility index (Phi) is 4.23. The van der Waals surface area contributed by atoms with Crippen LogP contribution in [0.25, 0.3) is 17.2 Å². The van der Waals surface area contributed by atoms with Crippen molar-refractivity contribution < 1.29 is 14.3 Å². The third-order valence-electron chi connectivity index (χ3n) is 4.53. The third kappa shape index (κ3) is 2.99. The lowest BCUT2D eigenvalue weighted by Gasteiger charge is -2.19. The van der Waals surface area contributed by atoms with E-state index >= 15 is 0 Å². The van der Waals surface area contributed by atoms with E-state index in [-0.39, 0.29) is 18.0 Å². The highest BCUT2D eigenvalue weighted by molar-refractivity contribution is 5.94. The molecule has 0 bridgehead atoms. The first kappa shape index (κ1) is 17.0. The lowest BCUT2D eigenvalue weighted by molar-refractivity contribution is 0.0527. The van der Waals surface area contributed by atoms with Crippen molar-refractivity contribution >= 4 is 11.8 Å². The van der Waals surface area contributed by atoms with Crippen molar-refractivity contribution in [2.45, 2.75) is 19.8 Å². The fourth-order valence-corrected chi connectivity index (χ4v) is 3.18. The molecule has 0 atom stereocenters. The second-order valence-electron chi connectivity index (χ2n) is 6.16. The number of rotatable bonds is 4. The summed E-state index contributed by atoms with van der Waals surface area (Å²) in [7, 11) is 1.65. The number of carbonyl (C=O) groups is 1. The second-order valence-corrected chi connectivity index (χ2v) is 6.16. The van der Waals surface area contributed by atoms with Crippen LogP contribution in [-0.2, 0) is 17.6 Å². The van der Waals surface area contributed by atoms with E-state index in [9.17, 15) is 4.79 Å². The molecule has 0 radical (unpaired) electrons. The molecule has 0 amide bonds. The van der Waals surface area contributed by atoms with Crippen LogP contribution >= 0.6 is 0 Å². The Hall–Kier alpha value is -3.42. The van der Waals surface area contributed by atoms with Crippen LogP contribution < -0.4 is 10.5 Å². The number of benzene rings is 1. The van der Waals surface area contributed by atoms with Crippen molar-refractivity contribution in [3.8, 4) is 23.0 Å². The standard InChI is InChI=1S/C19H19N5O3/c1-3-27-18(25)15-10-24(23-17(15)20)19-21-9-12-5-4-11-8-13(26-2)6-7-14(11)16(12)22-19/h6-10H,3-5H2,1-2H3,(H2,20,23). The molecule has 2 aromatic heterocycles. The zero-order chi connectivity index (χ0) is 19.0. The minimum absolute atomic E-state index is 0.0832. The highest BCUT2D eigenvalue weighted by Gasteiger charge is 2.21. The van der Waals surface area contributed by atoms with Gasteiger partial charge in [0.1, 0.15) is 11.3 Å². The van der Waals surface area contributed by atoms with Crippen LogP contribution in [0.1, 0.15) is 28.4 Å². The summed E-state index contributed by atoms with van der Waals surface area (Å²) < 4.78 is 11.7. The topological polar surface area (TPSA) is 105 Å². The molecular formula is C19H19N5O3. The Labute approximate surface area is 156 Å². The van der Waals surface area contributed by atoms with Crippen LogP contribution in [0.15, 0.2) is 30.6 Å². The molecule has 1 aliphatic carbocycles. The predicted octanol–water partition coefficient (Wildman–Crippen LogP) is 2.20. The van der Waals surface area contributed by atoms with E-state index in [0.717, 1.165) is 35.4 Å². The largest absolute Gasteiger partial charge is 0.497 e. The molecule has 4 rings (SSSR count). The van der Waals surface area contributed by atoms with Gasteiger partial charge in [-0.15, -0.1) is 5.10 Å². The number of aromatic nitrogens is 4. The van der Waals surface area contributed by atoms with Gasteiger partial charge in [0.25, 0.3) is 5.95 Å². The molecule has 0 saturated heterocycles. The lowest BCUT2D eigenvalue weighted by Crippen LogP contribution is -2.10. The van der Waals surface area contributed by atoms with Gasteiger partial charge in [0, 0.05) is 11.8 Å². The normalized spacial score (nSPS) is 12.2. The van der Waals surface area contributed by atoms with E-state index in [2.05, 4.69) is 15.1 Å². The first-order valence-corrected chi connectivity index (χ1v) is 8.66. The molecule has 0 aliphatic heterocycles. The molecule has 3 aromatic rings. The van der Waals surface area contributed by atoms with Crippen molar-refractivity contribution in [3.63, 3.8) is 0 Å². The Balaban J connectivity index is 1.75. The summed E-state index contributed by atoms with van der Waals surface area (Å²) >= 11 is 0. The summed E-state index contributed by atoms with van der Waals surface area (Å²) in [6.07, 6.45) is 5.05. The van der Waals surface area contributed by atoms with Crippen molar-refractivity contribution in [2.24, 2.45) is 0 Å². The first-order valence-electron chi connectivity index (χ1n) is 8.66. The van der Waals surface area contributed by atoms with Crippen LogP contribution in [0.4, 0.5) is 5.82 Å². The van der Waals surface area contributed by atoms with Gasteiger partial charge in [0.15, 0.2) is 5.82 Å². The number of hydrogen-bond donors (Lipinski definition) is 1. The maximum Gasteiger partial charge on any atom is 0.343 e. The molecule has 1 aromatic carbocycles. The lowest BCUT2D eigenvalue weighted by atomic mass is 9.90. The summed E-state index contributed by atoms with van der Waals surface area (Å²) in [6.45, 7) is 2.00. The van der Waals surface area contributed by atoms with Crippen molar-refractivity contribution in [3.05, 3.63) is 47.3 Å². The average Bonchev–Trinajstić information content (AvgIpc) is 3.09. The Morgan fingerprint density at radius 3 is 2.89 bits per heavy atom. The van der Waals surface area contributed by atoms with Gasteiger partial charge in [-0.05, 0) is 49.1 Å². The minimum atomic E-state index is -0.517. The summed E-state index contributed by atoms with van der Waals surface area (Å²) in [5, 5.41) is 4.17. The predicted molar refractivity (Wildman–Crippen MR) is 98.9 cm³/mol. The van der Waals surface area contributed by atoms with Crippen molar-refractivity contribution in [1.29, 1.82) is 0 Å². The van der Waals surface area contributed by atoms with Gasteiger partial charge in [0.05, 0.1) is 25.6 Å². The number of anilines is 1. The van der Waals surface area contributed by atoms with E-state index < -0.39 is 5.97 Å². The van der Waals surface area contributed by atoms with Crippen LogP contribution in [0, 0.1) is 0 Å². The molecular weight excluding hydrogens is 346 g/mol. The van der Waals surface area contributed by atoms with E-state index in [0.29, 0.717) is 5.95 Å². The molecule has 0 unspecified atom stereocenters. The number of methoxy groups -OCH3 is 1. The fourth-order valence-electron chi connectivity index (χ4n) is 3.18. The maximum absolute atomic E-state index is 12.0. The number of ether oxygens (including phenoxy) is 2. The summed E-state index contributed by atoms with van der Waals surface area (Å²) in [5.41, 5.74) is 10.2. The third-order valence-corrected chi connectivity index (χ3v) is 4.53. The van der Waals surface area contributed by atoms with Crippen molar-refractivity contribution in [2.75, 3.05) is 19.5 Å². The number of fused-ring (bicyclic) bond motifs is 3. The number of esters is 1. The highest BCUT2D eigenvalue weighted by atomic mass is 16.5. The Bertz CT molecular complexity index is 1030. The van der Waals surface area contributed by atoms with Gasteiger partial charge >= 0.3 is 5.97 Å². The number of nitrogens with two attached hydrogens (primary N) is 1.